The number of nitrogens with zero attached hydrogens (tertiary/aromatic N) is 1. The monoisotopic (exact) mass is 308 g/mol. The lowest BCUT2D eigenvalue weighted by molar-refractivity contribution is -0.136. The number of hydrogen-bond donors (Lipinski definition) is 3. The fourth-order valence-corrected chi connectivity index (χ4v) is 2.35. The van der Waals surface area contributed by atoms with Crippen LogP contribution in [0.2, 0.25) is 0 Å². The molecular weight excluding hydrogens is 292 g/mol. The van der Waals surface area contributed by atoms with Gasteiger partial charge in [0, 0.05) is 41.7 Å². The van der Waals surface area contributed by atoms with E-state index in [0.29, 0.717) is 18.7 Å². The van der Waals surface area contributed by atoms with Gasteiger partial charge in [-0.3, -0.25) is 14.6 Å². The first kappa shape index (κ1) is 14.8. The van der Waals surface area contributed by atoms with Gasteiger partial charge in [0.1, 0.15) is 0 Å². The van der Waals surface area contributed by atoms with Crippen LogP contribution in [-0.2, 0) is 16.0 Å². The van der Waals surface area contributed by atoms with E-state index in [-0.39, 0.29) is 0 Å². The molecule has 0 aliphatic rings. The van der Waals surface area contributed by atoms with Crippen molar-refractivity contribution < 1.29 is 9.59 Å². The van der Waals surface area contributed by atoms with E-state index in [4.69, 9.17) is 0 Å². The van der Waals surface area contributed by atoms with E-state index >= 15 is 0 Å². The number of aromatic amines is 1. The molecule has 0 aliphatic carbocycles. The van der Waals surface area contributed by atoms with Crippen LogP contribution < -0.4 is 10.6 Å². The summed E-state index contributed by atoms with van der Waals surface area (Å²) in [5.41, 5.74) is 2.71. The van der Waals surface area contributed by atoms with Crippen LogP contribution in [0.3, 0.4) is 0 Å². The van der Waals surface area contributed by atoms with Gasteiger partial charge in [-0.25, -0.2) is 0 Å². The van der Waals surface area contributed by atoms with Crippen LogP contribution >= 0.6 is 0 Å². The Hall–Kier alpha value is -3.15. The summed E-state index contributed by atoms with van der Waals surface area (Å²) >= 11 is 0. The van der Waals surface area contributed by atoms with E-state index in [0.717, 1.165) is 16.5 Å². The van der Waals surface area contributed by atoms with Crippen molar-refractivity contribution in [2.24, 2.45) is 0 Å². The van der Waals surface area contributed by atoms with Gasteiger partial charge < -0.3 is 15.6 Å². The molecule has 0 radical (unpaired) electrons. The number of anilines is 1. The fourth-order valence-electron chi connectivity index (χ4n) is 2.35. The maximum absolute atomic E-state index is 11.8. The van der Waals surface area contributed by atoms with Crippen molar-refractivity contribution in [3.8, 4) is 0 Å². The van der Waals surface area contributed by atoms with Crippen LogP contribution in [0, 0.1) is 0 Å². The largest absolute Gasteiger partial charge is 0.361 e. The molecule has 0 spiro atoms. The first-order valence-corrected chi connectivity index (χ1v) is 7.28. The summed E-state index contributed by atoms with van der Waals surface area (Å²) in [6.07, 6.45) is 5.67. The number of benzene rings is 1. The molecule has 116 valence electrons. The number of carbonyl (C=O) groups is 2. The van der Waals surface area contributed by atoms with Gasteiger partial charge in [-0.1, -0.05) is 18.2 Å². The number of para-hydroxylation sites is 1. The van der Waals surface area contributed by atoms with Gasteiger partial charge >= 0.3 is 11.8 Å². The lowest BCUT2D eigenvalue weighted by Crippen LogP contribution is -2.36. The number of pyridine rings is 1. The molecule has 6 nitrogen and oxygen atoms in total. The van der Waals surface area contributed by atoms with E-state index in [2.05, 4.69) is 20.6 Å². The second-order valence-corrected chi connectivity index (χ2v) is 5.06. The van der Waals surface area contributed by atoms with E-state index in [1.807, 2.05) is 30.5 Å². The van der Waals surface area contributed by atoms with Crippen molar-refractivity contribution in [3.63, 3.8) is 0 Å². The minimum atomic E-state index is -0.685. The fraction of sp³-hybridized carbons (Fsp3) is 0.118. The molecule has 0 unspecified atom stereocenters. The van der Waals surface area contributed by atoms with E-state index in [1.54, 1.807) is 24.5 Å². The lowest BCUT2D eigenvalue weighted by Gasteiger charge is -2.06. The lowest BCUT2D eigenvalue weighted by atomic mass is 10.1. The summed E-state index contributed by atoms with van der Waals surface area (Å²) in [6.45, 7) is 0.393. The van der Waals surface area contributed by atoms with Gasteiger partial charge in [0.15, 0.2) is 0 Å². The Kier molecular flexibility index (Phi) is 4.33. The summed E-state index contributed by atoms with van der Waals surface area (Å²) in [4.78, 5) is 30.6. The molecule has 6 heteroatoms. The van der Waals surface area contributed by atoms with E-state index in [1.165, 1.54) is 0 Å². The van der Waals surface area contributed by atoms with Crippen LogP contribution in [0.15, 0.2) is 55.0 Å². The van der Waals surface area contributed by atoms with Crippen molar-refractivity contribution in [1.82, 2.24) is 15.3 Å². The molecule has 0 fully saturated rings. The summed E-state index contributed by atoms with van der Waals surface area (Å²) in [7, 11) is 0. The smallest absolute Gasteiger partial charge is 0.313 e. The molecule has 3 rings (SSSR count). The molecular formula is C17H16N4O2. The Morgan fingerprint density at radius 2 is 1.83 bits per heavy atom. The van der Waals surface area contributed by atoms with Gasteiger partial charge in [0.05, 0.1) is 0 Å². The summed E-state index contributed by atoms with van der Waals surface area (Å²) in [5.74, 6) is -1.34. The normalized spacial score (nSPS) is 10.4. The Morgan fingerprint density at radius 3 is 2.65 bits per heavy atom. The zero-order chi connectivity index (χ0) is 16.1. The van der Waals surface area contributed by atoms with Crippen molar-refractivity contribution in [3.05, 3.63) is 60.6 Å². The molecule has 3 N–H and O–H groups in total. The molecule has 2 aromatic heterocycles. The molecule has 0 atom stereocenters. The maximum Gasteiger partial charge on any atom is 0.313 e. The van der Waals surface area contributed by atoms with Crippen LogP contribution in [-0.4, -0.2) is 28.3 Å². The first-order valence-electron chi connectivity index (χ1n) is 7.28. The quantitative estimate of drug-likeness (QED) is 0.643. The van der Waals surface area contributed by atoms with Crippen molar-refractivity contribution in [2.45, 2.75) is 6.42 Å². The number of nitrogens with one attached hydrogen (secondary N) is 3. The van der Waals surface area contributed by atoms with Crippen molar-refractivity contribution in [1.29, 1.82) is 0 Å². The molecule has 0 bridgehead atoms. The van der Waals surface area contributed by atoms with Crippen LogP contribution in [0.5, 0.6) is 0 Å². The highest BCUT2D eigenvalue weighted by Gasteiger charge is 2.13. The van der Waals surface area contributed by atoms with E-state index in [9.17, 15) is 9.59 Å². The van der Waals surface area contributed by atoms with Gasteiger partial charge in [-0.05, 0) is 30.2 Å². The van der Waals surface area contributed by atoms with E-state index < -0.39 is 11.8 Å². The molecule has 3 aromatic rings. The average Bonchev–Trinajstić information content (AvgIpc) is 2.99. The standard InChI is InChI=1S/C17H16N4O2/c22-16(17(23)21-13-6-8-18-9-7-13)19-10-5-12-11-20-15-4-2-1-3-14(12)15/h1-4,6-9,11,20H,5,10H2,(H,19,22)(H,18,21,23). The maximum atomic E-state index is 11.8. The van der Waals surface area contributed by atoms with Crippen molar-refractivity contribution in [2.75, 3.05) is 11.9 Å². The molecule has 1 aromatic carbocycles. The predicted molar refractivity (Wildman–Crippen MR) is 87.9 cm³/mol. The molecule has 2 heterocycles. The Morgan fingerprint density at radius 1 is 1.04 bits per heavy atom. The number of H-pyrrole nitrogens is 1. The van der Waals surface area contributed by atoms with Gasteiger partial charge in [-0.2, -0.15) is 0 Å². The number of amides is 2. The average molecular weight is 308 g/mol. The van der Waals surface area contributed by atoms with Crippen molar-refractivity contribution >= 4 is 28.4 Å². The molecule has 0 saturated heterocycles. The zero-order valence-electron chi connectivity index (χ0n) is 12.4. The Balaban J connectivity index is 1.52. The Bertz CT molecular complexity index is 827. The second-order valence-electron chi connectivity index (χ2n) is 5.06. The molecule has 0 saturated carbocycles. The van der Waals surface area contributed by atoms with Crippen LogP contribution in [0.25, 0.3) is 10.9 Å². The number of carbonyl (C=O) groups excluding carboxylic acids is 2. The topological polar surface area (TPSA) is 86.9 Å². The summed E-state index contributed by atoms with van der Waals surface area (Å²) in [6, 6.07) is 11.2. The third-order valence-corrected chi connectivity index (χ3v) is 3.50. The highest BCUT2D eigenvalue weighted by atomic mass is 16.2. The third-order valence-electron chi connectivity index (χ3n) is 3.50. The summed E-state index contributed by atoms with van der Waals surface area (Å²) in [5, 5.41) is 6.27. The number of hydrogen-bond acceptors (Lipinski definition) is 3. The van der Waals surface area contributed by atoms with Crippen LogP contribution in [0.4, 0.5) is 5.69 Å². The zero-order valence-corrected chi connectivity index (χ0v) is 12.4. The minimum Gasteiger partial charge on any atom is -0.361 e. The third kappa shape index (κ3) is 3.55. The first-order chi connectivity index (χ1) is 11.2. The minimum absolute atomic E-state index is 0.393. The highest BCUT2D eigenvalue weighted by Crippen LogP contribution is 2.17. The van der Waals surface area contributed by atoms with Gasteiger partial charge in [0.25, 0.3) is 0 Å². The second kappa shape index (κ2) is 6.74. The predicted octanol–water partition coefficient (Wildman–Crippen LogP) is 1.86. The SMILES string of the molecule is O=C(NCCc1c[nH]c2ccccc12)C(=O)Nc1ccncc1. The number of rotatable bonds is 4. The molecule has 0 aliphatic heterocycles. The Labute approximate surface area is 132 Å². The number of aromatic nitrogens is 2. The van der Waals surface area contributed by atoms with Gasteiger partial charge in [0.2, 0.25) is 0 Å². The highest BCUT2D eigenvalue weighted by molar-refractivity contribution is 6.39. The number of fused-ring (bicyclic) bond motifs is 1. The molecule has 2 amide bonds. The van der Waals surface area contributed by atoms with Gasteiger partial charge in [-0.15, -0.1) is 0 Å². The molecule has 23 heavy (non-hydrogen) atoms. The summed E-state index contributed by atoms with van der Waals surface area (Å²) < 4.78 is 0. The van der Waals surface area contributed by atoms with Crippen LogP contribution in [0.1, 0.15) is 5.56 Å².